The number of hydrogen-bond donors (Lipinski definition) is 0. The second kappa shape index (κ2) is 6.95. The molecule has 3 rings (SSSR count). The molecule has 26 heavy (non-hydrogen) atoms. The predicted octanol–water partition coefficient (Wildman–Crippen LogP) is 3.91. The summed E-state index contributed by atoms with van der Waals surface area (Å²) in [5.41, 5.74) is 2.15. The topological polar surface area (TPSA) is 63.6 Å². The molecule has 0 atom stereocenters. The van der Waals surface area contributed by atoms with Crippen LogP contribution in [0.5, 0.6) is 0 Å². The van der Waals surface area contributed by atoms with E-state index in [0.29, 0.717) is 28.1 Å². The van der Waals surface area contributed by atoms with Crippen LogP contribution in [0.25, 0.3) is 11.8 Å². The molecule has 0 unspecified atom stereocenters. The SMILES string of the molecule is C=P(C)(C)/C(C#N)=C/c1cc(-n2nc3n(c2=O)CCCC3)c(C)cc1Cl. The molecule has 5 nitrogen and oxygen atoms in total. The third-order valence-corrected chi connectivity index (χ3v) is 6.43. The minimum absolute atomic E-state index is 0.120. The first-order valence-electron chi connectivity index (χ1n) is 8.52. The van der Waals surface area contributed by atoms with E-state index in [2.05, 4.69) is 17.5 Å². The van der Waals surface area contributed by atoms with E-state index >= 15 is 0 Å². The van der Waals surface area contributed by atoms with Gasteiger partial charge in [0.25, 0.3) is 0 Å². The Kier molecular flexibility index (Phi) is 5.01. The Hall–Kier alpha value is -2.02. The molecule has 0 spiro atoms. The quantitative estimate of drug-likeness (QED) is 0.591. The summed E-state index contributed by atoms with van der Waals surface area (Å²) in [5, 5.41) is 15.2. The van der Waals surface area contributed by atoms with E-state index in [0.717, 1.165) is 30.7 Å². The second-order valence-electron chi connectivity index (χ2n) is 7.21. The zero-order valence-corrected chi connectivity index (χ0v) is 16.9. The highest BCUT2D eigenvalue weighted by Crippen LogP contribution is 2.46. The van der Waals surface area contributed by atoms with Gasteiger partial charge in [0, 0.05) is 18.0 Å². The minimum atomic E-state index is -1.72. The number of hydrogen-bond acceptors (Lipinski definition) is 3. The number of aryl methyl sites for hydroxylation is 2. The Morgan fingerprint density at radius 3 is 2.77 bits per heavy atom. The summed E-state index contributed by atoms with van der Waals surface area (Å²) in [6.45, 7) is 4.87. The van der Waals surface area contributed by atoms with Crippen molar-refractivity contribution in [3.05, 3.63) is 49.9 Å². The van der Waals surface area contributed by atoms with Crippen molar-refractivity contribution in [3.63, 3.8) is 0 Å². The Bertz CT molecular complexity index is 1050. The van der Waals surface area contributed by atoms with Crippen molar-refractivity contribution in [1.82, 2.24) is 14.3 Å². The van der Waals surface area contributed by atoms with Crippen LogP contribution in [-0.2, 0) is 13.0 Å². The van der Waals surface area contributed by atoms with Gasteiger partial charge in [-0.3, -0.25) is 4.57 Å². The molecule has 0 bridgehead atoms. The molecule has 0 fully saturated rings. The molecule has 2 aromatic rings. The van der Waals surface area contributed by atoms with Crippen molar-refractivity contribution in [2.24, 2.45) is 0 Å². The molecule has 1 aliphatic rings. The van der Waals surface area contributed by atoms with E-state index in [1.165, 1.54) is 4.68 Å². The summed E-state index contributed by atoms with van der Waals surface area (Å²) in [5.74, 6) is 0.829. The minimum Gasteiger partial charge on any atom is -0.279 e. The first kappa shape index (κ1) is 18.8. The molecule has 1 aromatic heterocycles. The van der Waals surface area contributed by atoms with Crippen LogP contribution >= 0.6 is 18.5 Å². The van der Waals surface area contributed by atoms with Gasteiger partial charge in [-0.1, -0.05) is 24.8 Å². The van der Waals surface area contributed by atoms with Crippen LogP contribution in [0.1, 0.15) is 29.8 Å². The van der Waals surface area contributed by atoms with Gasteiger partial charge in [-0.15, -0.1) is 5.10 Å². The molecule has 0 radical (unpaired) electrons. The molecule has 0 amide bonds. The summed E-state index contributed by atoms with van der Waals surface area (Å²) in [6.07, 6.45) is 8.79. The van der Waals surface area contributed by atoms with Crippen LogP contribution in [0.4, 0.5) is 0 Å². The zero-order chi connectivity index (χ0) is 19.1. The summed E-state index contributed by atoms with van der Waals surface area (Å²) in [4.78, 5) is 12.8. The number of halogens is 1. The maximum atomic E-state index is 12.8. The van der Waals surface area contributed by atoms with Crippen molar-refractivity contribution in [2.45, 2.75) is 32.7 Å². The van der Waals surface area contributed by atoms with Crippen LogP contribution < -0.4 is 5.69 Å². The van der Waals surface area contributed by atoms with Crippen molar-refractivity contribution < 1.29 is 0 Å². The molecule has 7 heteroatoms. The highest BCUT2D eigenvalue weighted by atomic mass is 35.5. The van der Waals surface area contributed by atoms with Crippen molar-refractivity contribution in [1.29, 1.82) is 5.26 Å². The fourth-order valence-corrected chi connectivity index (χ4v) is 4.09. The number of allylic oxidation sites excluding steroid dienone is 1. The molecule has 0 aliphatic carbocycles. The molecule has 2 heterocycles. The molecular formula is C19H22ClN4OP. The lowest BCUT2D eigenvalue weighted by atomic mass is 10.1. The van der Waals surface area contributed by atoms with E-state index in [1.807, 2.05) is 32.4 Å². The summed E-state index contributed by atoms with van der Waals surface area (Å²) in [7, 11) is 0. The molecule has 136 valence electrons. The van der Waals surface area contributed by atoms with E-state index in [1.54, 1.807) is 10.6 Å². The standard InChI is InChI=1S/C19H22ClN4OP/c1-13-9-16(20)14(10-15(12-21)26(2,3)4)11-17(13)24-19(25)23-8-6-5-7-18(23)22-24/h9-11H,2,5-8H2,1,3-4H3/b15-10+. The van der Waals surface area contributed by atoms with Crippen LogP contribution in [0.2, 0.25) is 5.02 Å². The van der Waals surface area contributed by atoms with Gasteiger partial charge in [0.1, 0.15) is 5.82 Å². The lowest BCUT2D eigenvalue weighted by molar-refractivity contribution is 0.512. The average molecular weight is 389 g/mol. The fraction of sp³-hybridized carbons (Fsp3) is 0.368. The van der Waals surface area contributed by atoms with Crippen LogP contribution in [-0.4, -0.2) is 34.0 Å². The van der Waals surface area contributed by atoms with Crippen LogP contribution in [0.15, 0.2) is 22.2 Å². The average Bonchev–Trinajstić information content (AvgIpc) is 2.90. The van der Waals surface area contributed by atoms with Gasteiger partial charge in [-0.25, -0.2) is 4.79 Å². The Labute approximate surface area is 158 Å². The molecular weight excluding hydrogens is 367 g/mol. The van der Waals surface area contributed by atoms with Gasteiger partial charge >= 0.3 is 5.69 Å². The predicted molar refractivity (Wildman–Crippen MR) is 110 cm³/mol. The second-order valence-corrected chi connectivity index (χ2v) is 11.5. The zero-order valence-electron chi connectivity index (χ0n) is 15.3. The maximum Gasteiger partial charge on any atom is 0.350 e. The normalized spacial score (nSPS) is 14.8. The summed E-state index contributed by atoms with van der Waals surface area (Å²) < 4.78 is 3.21. The number of benzene rings is 1. The third-order valence-electron chi connectivity index (χ3n) is 4.57. The number of fused-ring (bicyclic) bond motifs is 1. The summed E-state index contributed by atoms with van der Waals surface area (Å²) in [6, 6.07) is 5.90. The molecule has 1 aliphatic heterocycles. The number of nitrogens with zero attached hydrogens (tertiary/aromatic N) is 4. The monoisotopic (exact) mass is 388 g/mol. The Morgan fingerprint density at radius 1 is 1.42 bits per heavy atom. The van der Waals surface area contributed by atoms with E-state index in [4.69, 9.17) is 11.6 Å². The van der Waals surface area contributed by atoms with Gasteiger partial charge in [-0.05, 0) is 62.4 Å². The van der Waals surface area contributed by atoms with Gasteiger partial charge in [-0.2, -0.15) is 9.94 Å². The fourth-order valence-electron chi connectivity index (χ4n) is 3.06. The van der Waals surface area contributed by atoms with Crippen molar-refractivity contribution in [2.75, 3.05) is 13.3 Å². The molecule has 0 saturated carbocycles. The first-order valence-corrected chi connectivity index (χ1v) is 11.8. The van der Waals surface area contributed by atoms with Gasteiger partial charge < -0.3 is 0 Å². The lowest BCUT2D eigenvalue weighted by Crippen LogP contribution is -2.26. The first-order chi connectivity index (χ1) is 12.2. The number of nitriles is 1. The maximum absolute atomic E-state index is 12.8. The van der Waals surface area contributed by atoms with Crippen molar-refractivity contribution in [3.8, 4) is 11.8 Å². The van der Waals surface area contributed by atoms with Crippen molar-refractivity contribution >= 4 is 30.9 Å². The smallest absolute Gasteiger partial charge is 0.279 e. The van der Waals surface area contributed by atoms with E-state index < -0.39 is 6.89 Å². The molecule has 1 aromatic carbocycles. The Morgan fingerprint density at radius 2 is 2.15 bits per heavy atom. The molecule has 0 N–H and O–H groups in total. The van der Waals surface area contributed by atoms with Crippen LogP contribution in [0.3, 0.4) is 0 Å². The highest BCUT2D eigenvalue weighted by Gasteiger charge is 2.19. The van der Waals surface area contributed by atoms with Gasteiger partial charge in [0.2, 0.25) is 0 Å². The van der Waals surface area contributed by atoms with E-state index in [9.17, 15) is 10.1 Å². The van der Waals surface area contributed by atoms with Gasteiger partial charge in [0.05, 0.1) is 17.1 Å². The van der Waals surface area contributed by atoms with Gasteiger partial charge in [0.15, 0.2) is 0 Å². The van der Waals surface area contributed by atoms with E-state index in [-0.39, 0.29) is 5.69 Å². The number of rotatable bonds is 3. The third kappa shape index (κ3) is 3.45. The highest BCUT2D eigenvalue weighted by molar-refractivity contribution is 7.76. The van der Waals surface area contributed by atoms with Crippen LogP contribution in [0, 0.1) is 18.3 Å². The summed E-state index contributed by atoms with van der Waals surface area (Å²) >= 11 is 6.41. The molecule has 0 saturated heterocycles. The lowest BCUT2D eigenvalue weighted by Gasteiger charge is -2.13. The largest absolute Gasteiger partial charge is 0.350 e. The Balaban J connectivity index is 2.18. The number of aromatic nitrogens is 3.